The highest BCUT2D eigenvalue weighted by Gasteiger charge is 2.35. The van der Waals surface area contributed by atoms with Crippen LogP contribution in [0.2, 0.25) is 0 Å². The Kier molecular flexibility index (Phi) is 3.89. The Morgan fingerprint density at radius 2 is 1.83 bits per heavy atom. The van der Waals surface area contributed by atoms with Crippen molar-refractivity contribution in [2.75, 3.05) is 6.61 Å². The quantitative estimate of drug-likeness (QED) is 0.473. The third-order valence-electron chi connectivity index (χ3n) is 6.83. The molecule has 4 nitrogen and oxygen atoms in total. The zero-order valence-corrected chi connectivity index (χ0v) is 16.7. The van der Waals surface area contributed by atoms with E-state index < -0.39 is 0 Å². The number of aliphatic hydroxyl groups excluding tert-OH is 2. The molecule has 2 aliphatic carbocycles. The van der Waals surface area contributed by atoms with Gasteiger partial charge in [0, 0.05) is 47.8 Å². The van der Waals surface area contributed by atoms with E-state index in [0.29, 0.717) is 12.8 Å². The van der Waals surface area contributed by atoms with Crippen LogP contribution < -0.4 is 0 Å². The van der Waals surface area contributed by atoms with Gasteiger partial charge in [-0.05, 0) is 58.4 Å². The second-order valence-electron chi connectivity index (χ2n) is 8.43. The molecule has 0 aliphatic heterocycles. The maximum atomic E-state index is 13.0. The summed E-state index contributed by atoms with van der Waals surface area (Å²) in [6.07, 6.45) is 2.83. The highest BCUT2D eigenvalue weighted by atomic mass is 16.3. The molecule has 6 rings (SSSR count). The predicted octanol–water partition coefficient (Wildman–Crippen LogP) is 4.37. The van der Waals surface area contributed by atoms with Crippen molar-refractivity contribution in [2.24, 2.45) is 0 Å². The number of aromatic nitrogens is 1. The predicted molar refractivity (Wildman–Crippen MR) is 118 cm³/mol. The molecule has 0 radical (unpaired) electrons. The van der Waals surface area contributed by atoms with Crippen LogP contribution >= 0.6 is 0 Å². The molecule has 4 heteroatoms. The molecule has 0 amide bonds. The van der Waals surface area contributed by atoms with Gasteiger partial charge in [0.1, 0.15) is 0 Å². The van der Waals surface area contributed by atoms with Crippen molar-refractivity contribution in [3.05, 3.63) is 70.3 Å². The lowest BCUT2D eigenvalue weighted by Gasteiger charge is -2.14. The fourth-order valence-corrected chi connectivity index (χ4v) is 5.63. The number of Topliss-reactive ketones (excluding diaryl/α,β-unsaturated/α-hetero) is 1. The lowest BCUT2D eigenvalue weighted by molar-refractivity contribution is 0.0995. The number of hydrogen-bond donors (Lipinski definition) is 2. The first-order valence-electron chi connectivity index (χ1n) is 10.7. The van der Waals surface area contributed by atoms with Crippen LogP contribution in [-0.2, 0) is 26.0 Å². The molecular formula is C26H23NO3. The first-order valence-corrected chi connectivity index (χ1v) is 10.7. The van der Waals surface area contributed by atoms with Crippen molar-refractivity contribution in [1.29, 1.82) is 0 Å². The van der Waals surface area contributed by atoms with Crippen LogP contribution in [0.1, 0.15) is 45.5 Å². The number of nitrogens with zero attached hydrogens (tertiary/aromatic N) is 1. The van der Waals surface area contributed by atoms with E-state index in [4.69, 9.17) is 0 Å². The molecule has 0 saturated carbocycles. The largest absolute Gasteiger partial charge is 0.396 e. The first kappa shape index (κ1) is 17.9. The van der Waals surface area contributed by atoms with Gasteiger partial charge in [-0.3, -0.25) is 4.79 Å². The lowest BCUT2D eigenvalue weighted by Crippen LogP contribution is -2.04. The number of carbonyl (C=O) groups excluding carboxylic acids is 1. The van der Waals surface area contributed by atoms with Gasteiger partial charge < -0.3 is 14.8 Å². The Labute approximate surface area is 174 Å². The SMILES string of the molecule is O=C1CCc2c1c1c(c3c2c2cc(CO)ccc2n3CCCO)Cc2ccccc2-1. The molecule has 2 N–H and O–H groups in total. The standard InChI is InChI=1S/C26H23NO3/c28-11-3-10-27-21-8-6-15(14-29)12-19(21)24-18-7-9-22(30)25(18)23-17-5-2-1-4-16(17)13-20(23)26(24)27/h1-2,4-6,8,12,28-29H,3,7,9-11,13-14H2. The van der Waals surface area contributed by atoms with Crippen molar-refractivity contribution in [3.8, 4) is 11.1 Å². The molecule has 2 aliphatic rings. The van der Waals surface area contributed by atoms with Crippen LogP contribution in [0.15, 0.2) is 42.5 Å². The summed E-state index contributed by atoms with van der Waals surface area (Å²) in [5.41, 5.74) is 10.1. The number of ketones is 1. The van der Waals surface area contributed by atoms with E-state index in [-0.39, 0.29) is 19.0 Å². The van der Waals surface area contributed by atoms with E-state index in [0.717, 1.165) is 52.5 Å². The summed E-state index contributed by atoms with van der Waals surface area (Å²) in [4.78, 5) is 13.0. The van der Waals surface area contributed by atoms with E-state index in [1.807, 2.05) is 6.07 Å². The minimum absolute atomic E-state index is 0.00322. The fourth-order valence-electron chi connectivity index (χ4n) is 5.63. The summed E-state index contributed by atoms with van der Waals surface area (Å²) in [5.74, 6) is 0.245. The highest BCUT2D eigenvalue weighted by Crippen LogP contribution is 2.49. The van der Waals surface area contributed by atoms with Crippen molar-refractivity contribution in [3.63, 3.8) is 0 Å². The molecular weight excluding hydrogens is 374 g/mol. The topological polar surface area (TPSA) is 62.5 Å². The Balaban J connectivity index is 1.82. The molecule has 0 saturated heterocycles. The fraction of sp³-hybridized carbons (Fsp3) is 0.269. The summed E-state index contributed by atoms with van der Waals surface area (Å²) in [6.45, 7) is 0.864. The minimum Gasteiger partial charge on any atom is -0.396 e. The van der Waals surface area contributed by atoms with Crippen molar-refractivity contribution >= 4 is 27.6 Å². The number of aryl methyl sites for hydroxylation is 2. The van der Waals surface area contributed by atoms with Crippen LogP contribution in [0.5, 0.6) is 0 Å². The summed E-state index contributed by atoms with van der Waals surface area (Å²) in [5, 5.41) is 21.5. The highest BCUT2D eigenvalue weighted by molar-refractivity contribution is 6.20. The summed E-state index contributed by atoms with van der Waals surface area (Å²) in [6, 6.07) is 14.6. The van der Waals surface area contributed by atoms with Crippen molar-refractivity contribution in [1.82, 2.24) is 4.57 Å². The van der Waals surface area contributed by atoms with Crippen molar-refractivity contribution < 1.29 is 15.0 Å². The second kappa shape index (κ2) is 6.53. The monoisotopic (exact) mass is 397 g/mol. The number of rotatable bonds is 4. The third kappa shape index (κ3) is 2.26. The number of benzene rings is 3. The van der Waals surface area contributed by atoms with E-state index in [1.54, 1.807) is 0 Å². The van der Waals surface area contributed by atoms with Crippen LogP contribution in [0.4, 0.5) is 0 Å². The molecule has 30 heavy (non-hydrogen) atoms. The van der Waals surface area contributed by atoms with Gasteiger partial charge in [0.05, 0.1) is 12.1 Å². The zero-order valence-electron chi connectivity index (χ0n) is 16.7. The summed E-state index contributed by atoms with van der Waals surface area (Å²) in [7, 11) is 0. The maximum Gasteiger partial charge on any atom is 0.164 e. The Morgan fingerprint density at radius 3 is 2.67 bits per heavy atom. The van der Waals surface area contributed by atoms with Crippen LogP contribution in [0.25, 0.3) is 32.9 Å². The second-order valence-corrected chi connectivity index (χ2v) is 8.43. The molecule has 4 aromatic rings. The number of aliphatic hydroxyl groups is 2. The first-order chi connectivity index (χ1) is 14.7. The van der Waals surface area contributed by atoms with Gasteiger partial charge in [-0.1, -0.05) is 30.3 Å². The minimum atomic E-state index is -0.00322. The van der Waals surface area contributed by atoms with Gasteiger partial charge in [0.15, 0.2) is 5.78 Å². The van der Waals surface area contributed by atoms with Gasteiger partial charge in [-0.15, -0.1) is 0 Å². The zero-order chi connectivity index (χ0) is 20.4. The Hall–Kier alpha value is -2.95. The van der Waals surface area contributed by atoms with E-state index in [9.17, 15) is 15.0 Å². The molecule has 0 unspecified atom stereocenters. The van der Waals surface area contributed by atoms with Crippen molar-refractivity contribution in [2.45, 2.75) is 38.8 Å². The van der Waals surface area contributed by atoms with E-state index >= 15 is 0 Å². The number of hydrogen-bond acceptors (Lipinski definition) is 3. The van der Waals surface area contributed by atoms with E-state index in [1.165, 1.54) is 27.6 Å². The maximum absolute atomic E-state index is 13.0. The number of fused-ring (bicyclic) bond motifs is 10. The molecule has 0 fully saturated rings. The average Bonchev–Trinajstić information content (AvgIpc) is 3.43. The van der Waals surface area contributed by atoms with Gasteiger partial charge in [-0.2, -0.15) is 0 Å². The normalized spacial score (nSPS) is 14.5. The summed E-state index contributed by atoms with van der Waals surface area (Å²) < 4.78 is 2.33. The molecule has 0 atom stereocenters. The van der Waals surface area contributed by atoms with Gasteiger partial charge >= 0.3 is 0 Å². The molecule has 0 bridgehead atoms. The van der Waals surface area contributed by atoms with E-state index in [2.05, 4.69) is 41.0 Å². The molecule has 1 aromatic heterocycles. The average molecular weight is 397 g/mol. The summed E-state index contributed by atoms with van der Waals surface area (Å²) >= 11 is 0. The third-order valence-corrected chi connectivity index (χ3v) is 6.83. The van der Waals surface area contributed by atoms with Gasteiger partial charge in [0.2, 0.25) is 0 Å². The smallest absolute Gasteiger partial charge is 0.164 e. The van der Waals surface area contributed by atoms with Crippen LogP contribution in [-0.4, -0.2) is 27.2 Å². The Morgan fingerprint density at radius 1 is 0.967 bits per heavy atom. The van der Waals surface area contributed by atoms with Gasteiger partial charge in [-0.25, -0.2) is 0 Å². The van der Waals surface area contributed by atoms with Gasteiger partial charge in [0.25, 0.3) is 0 Å². The lowest BCUT2D eigenvalue weighted by atomic mass is 9.92. The number of carbonyl (C=O) groups is 1. The molecule has 150 valence electrons. The molecule has 1 heterocycles. The molecule has 0 spiro atoms. The van der Waals surface area contributed by atoms with Crippen LogP contribution in [0, 0.1) is 0 Å². The Bertz CT molecular complexity index is 1360. The van der Waals surface area contributed by atoms with Crippen LogP contribution in [0.3, 0.4) is 0 Å². The molecule has 3 aromatic carbocycles.